The van der Waals surface area contributed by atoms with Crippen LogP contribution in [0.2, 0.25) is 0 Å². The molecule has 27 heavy (non-hydrogen) atoms. The lowest BCUT2D eigenvalue weighted by atomic mass is 10.1. The normalized spacial score (nSPS) is 17.4. The Labute approximate surface area is 165 Å². The third-order valence-electron chi connectivity index (χ3n) is 5.10. The van der Waals surface area contributed by atoms with Crippen LogP contribution in [0, 0.1) is 0 Å². The second-order valence-electron chi connectivity index (χ2n) is 7.15. The number of carbonyl (C=O) groups excluding carboxylic acids is 2. The summed E-state index contributed by atoms with van der Waals surface area (Å²) in [6, 6.07) is 4.13. The SMILES string of the molecule is CC(=O)N(CC(=O)O)C1CCCN(C(=O)CCCCCc2cccs2)CC1. The van der Waals surface area contributed by atoms with Crippen molar-refractivity contribution in [1.82, 2.24) is 9.80 Å². The monoisotopic (exact) mass is 394 g/mol. The second-order valence-corrected chi connectivity index (χ2v) is 8.18. The first-order valence-corrected chi connectivity index (χ1v) is 10.6. The molecule has 0 radical (unpaired) electrons. The van der Waals surface area contributed by atoms with Crippen LogP contribution in [0.5, 0.6) is 0 Å². The highest BCUT2D eigenvalue weighted by Crippen LogP contribution is 2.19. The van der Waals surface area contributed by atoms with Gasteiger partial charge in [-0.15, -0.1) is 11.3 Å². The zero-order valence-corrected chi connectivity index (χ0v) is 16.9. The van der Waals surface area contributed by atoms with Gasteiger partial charge in [0.1, 0.15) is 6.54 Å². The van der Waals surface area contributed by atoms with Crippen molar-refractivity contribution in [1.29, 1.82) is 0 Å². The van der Waals surface area contributed by atoms with Gasteiger partial charge in [0.05, 0.1) is 0 Å². The van der Waals surface area contributed by atoms with Crippen molar-refractivity contribution in [2.45, 2.75) is 64.3 Å². The number of rotatable bonds is 9. The molecule has 150 valence electrons. The van der Waals surface area contributed by atoms with Crippen LogP contribution >= 0.6 is 11.3 Å². The molecule has 0 spiro atoms. The summed E-state index contributed by atoms with van der Waals surface area (Å²) in [4.78, 5) is 40.0. The molecule has 6 nitrogen and oxygen atoms in total. The van der Waals surface area contributed by atoms with E-state index >= 15 is 0 Å². The average Bonchev–Trinajstić information content (AvgIpc) is 3.01. The molecule has 1 atom stereocenters. The van der Waals surface area contributed by atoms with Crippen LogP contribution in [-0.2, 0) is 20.8 Å². The van der Waals surface area contributed by atoms with Gasteiger partial charge in [-0.2, -0.15) is 0 Å². The molecule has 2 rings (SSSR count). The van der Waals surface area contributed by atoms with E-state index in [4.69, 9.17) is 5.11 Å². The summed E-state index contributed by atoms with van der Waals surface area (Å²) in [5.41, 5.74) is 0. The molecule has 0 saturated carbocycles. The summed E-state index contributed by atoms with van der Waals surface area (Å²) in [5, 5.41) is 11.1. The summed E-state index contributed by atoms with van der Waals surface area (Å²) in [7, 11) is 0. The summed E-state index contributed by atoms with van der Waals surface area (Å²) in [5.74, 6) is -1.03. The van der Waals surface area contributed by atoms with Crippen LogP contribution in [0.1, 0.15) is 56.7 Å². The molecule has 1 N–H and O–H groups in total. The van der Waals surface area contributed by atoms with Crippen LogP contribution in [0.3, 0.4) is 0 Å². The molecule has 1 aliphatic heterocycles. The highest BCUT2D eigenvalue weighted by molar-refractivity contribution is 7.09. The van der Waals surface area contributed by atoms with Gasteiger partial charge in [0, 0.05) is 37.4 Å². The first-order valence-electron chi connectivity index (χ1n) is 9.76. The third-order valence-corrected chi connectivity index (χ3v) is 6.03. The number of carboxylic acids is 1. The molecule has 2 amide bonds. The van der Waals surface area contributed by atoms with Gasteiger partial charge in [-0.1, -0.05) is 12.5 Å². The van der Waals surface area contributed by atoms with Crippen molar-refractivity contribution in [2.24, 2.45) is 0 Å². The number of nitrogens with zero attached hydrogens (tertiary/aromatic N) is 2. The Balaban J connectivity index is 1.71. The molecule has 0 aromatic carbocycles. The molecule has 1 fully saturated rings. The number of hydrogen-bond acceptors (Lipinski definition) is 4. The number of carbonyl (C=O) groups is 3. The smallest absolute Gasteiger partial charge is 0.323 e. The fourth-order valence-corrected chi connectivity index (χ4v) is 4.40. The van der Waals surface area contributed by atoms with Gasteiger partial charge in [-0.25, -0.2) is 0 Å². The van der Waals surface area contributed by atoms with Crippen molar-refractivity contribution >= 4 is 29.1 Å². The Hall–Kier alpha value is -1.89. The topological polar surface area (TPSA) is 77.9 Å². The summed E-state index contributed by atoms with van der Waals surface area (Å²) in [6.07, 6.45) is 6.92. The average molecular weight is 395 g/mol. The van der Waals surface area contributed by atoms with Crippen LogP contribution in [0.4, 0.5) is 0 Å². The van der Waals surface area contributed by atoms with E-state index in [2.05, 4.69) is 17.5 Å². The van der Waals surface area contributed by atoms with Crippen LogP contribution < -0.4 is 0 Å². The van der Waals surface area contributed by atoms with E-state index in [1.165, 1.54) is 16.7 Å². The lowest BCUT2D eigenvalue weighted by Gasteiger charge is -2.28. The molecular weight excluding hydrogens is 364 g/mol. The molecule has 0 bridgehead atoms. The molecule has 0 aliphatic carbocycles. The standard InChI is InChI=1S/C20H30N2O4S/c1-16(23)22(15-20(25)26)17-7-5-12-21(13-11-17)19(24)10-4-2-3-8-18-9-6-14-27-18/h6,9,14,17H,2-5,7-8,10-13,15H2,1H3,(H,25,26). The number of likely N-dealkylation sites (tertiary alicyclic amines) is 1. The molecule has 1 unspecified atom stereocenters. The summed E-state index contributed by atoms with van der Waals surface area (Å²) in [6.45, 7) is 2.44. The first-order chi connectivity index (χ1) is 13.0. The van der Waals surface area contributed by atoms with E-state index < -0.39 is 5.97 Å². The number of aryl methyl sites for hydroxylation is 1. The minimum absolute atomic E-state index is 0.0952. The molecule has 1 saturated heterocycles. The van der Waals surface area contributed by atoms with Crippen molar-refractivity contribution in [3.05, 3.63) is 22.4 Å². The van der Waals surface area contributed by atoms with Crippen LogP contribution in [0.25, 0.3) is 0 Å². The number of amides is 2. The minimum atomic E-state index is -0.995. The van der Waals surface area contributed by atoms with E-state index in [0.717, 1.165) is 38.5 Å². The molecule has 7 heteroatoms. The van der Waals surface area contributed by atoms with Gasteiger partial charge < -0.3 is 14.9 Å². The van der Waals surface area contributed by atoms with Gasteiger partial charge in [0.15, 0.2) is 0 Å². The van der Waals surface area contributed by atoms with Gasteiger partial charge in [-0.05, 0) is 50.0 Å². The zero-order valence-electron chi connectivity index (χ0n) is 16.1. The quantitative estimate of drug-likeness (QED) is 0.653. The molecule has 1 aliphatic rings. The van der Waals surface area contributed by atoms with Crippen molar-refractivity contribution in [2.75, 3.05) is 19.6 Å². The fourth-order valence-electron chi connectivity index (χ4n) is 3.65. The number of thiophene rings is 1. The zero-order chi connectivity index (χ0) is 19.6. The van der Waals surface area contributed by atoms with Crippen molar-refractivity contribution < 1.29 is 19.5 Å². The predicted molar refractivity (Wildman–Crippen MR) is 106 cm³/mol. The molecular formula is C20H30N2O4S. The van der Waals surface area contributed by atoms with Gasteiger partial charge in [0.25, 0.3) is 0 Å². The number of hydrogen-bond donors (Lipinski definition) is 1. The first kappa shape index (κ1) is 21.4. The number of aliphatic carboxylic acids is 1. The lowest BCUT2D eigenvalue weighted by Crippen LogP contribution is -2.43. The largest absolute Gasteiger partial charge is 0.480 e. The predicted octanol–water partition coefficient (Wildman–Crippen LogP) is 3.17. The third kappa shape index (κ3) is 7.33. The van der Waals surface area contributed by atoms with E-state index in [1.54, 1.807) is 11.3 Å². The van der Waals surface area contributed by atoms with Gasteiger partial charge in [-0.3, -0.25) is 14.4 Å². The maximum Gasteiger partial charge on any atom is 0.323 e. The Morgan fingerprint density at radius 1 is 1.22 bits per heavy atom. The van der Waals surface area contributed by atoms with Crippen LogP contribution in [0.15, 0.2) is 17.5 Å². The fraction of sp³-hybridized carbons (Fsp3) is 0.650. The minimum Gasteiger partial charge on any atom is -0.480 e. The summed E-state index contributed by atoms with van der Waals surface area (Å²) < 4.78 is 0. The summed E-state index contributed by atoms with van der Waals surface area (Å²) >= 11 is 1.78. The molecule has 1 aromatic heterocycles. The van der Waals surface area contributed by atoms with E-state index in [1.807, 2.05) is 4.90 Å². The van der Waals surface area contributed by atoms with Gasteiger partial charge in [0.2, 0.25) is 11.8 Å². The highest BCUT2D eigenvalue weighted by Gasteiger charge is 2.27. The Bertz CT molecular complexity index is 618. The van der Waals surface area contributed by atoms with E-state index in [0.29, 0.717) is 25.9 Å². The highest BCUT2D eigenvalue weighted by atomic mass is 32.1. The number of carboxylic acid groups (broad SMARTS) is 1. The van der Waals surface area contributed by atoms with Crippen LogP contribution in [-0.4, -0.2) is 58.4 Å². The van der Waals surface area contributed by atoms with Crippen molar-refractivity contribution in [3.63, 3.8) is 0 Å². The van der Waals surface area contributed by atoms with Crippen molar-refractivity contribution in [3.8, 4) is 0 Å². The Morgan fingerprint density at radius 2 is 2.04 bits per heavy atom. The Kier molecular flexibility index (Phi) is 8.78. The van der Waals surface area contributed by atoms with E-state index in [-0.39, 0.29) is 24.4 Å². The maximum atomic E-state index is 12.5. The molecule has 2 heterocycles. The van der Waals surface area contributed by atoms with E-state index in [9.17, 15) is 14.4 Å². The lowest BCUT2D eigenvalue weighted by molar-refractivity contribution is -0.145. The van der Waals surface area contributed by atoms with Gasteiger partial charge >= 0.3 is 5.97 Å². The molecule has 1 aromatic rings. The Morgan fingerprint density at radius 3 is 2.70 bits per heavy atom. The number of unbranched alkanes of at least 4 members (excludes halogenated alkanes) is 2. The maximum absolute atomic E-state index is 12.5. The second kappa shape index (κ2) is 11.1.